The number of rotatable bonds is 6. The number of sulfonamides is 1. The Morgan fingerprint density at radius 1 is 1.23 bits per heavy atom. The van der Waals surface area contributed by atoms with Gasteiger partial charge in [-0.05, 0) is 48.7 Å². The highest BCUT2D eigenvalue weighted by Crippen LogP contribution is 2.30. The van der Waals surface area contributed by atoms with Gasteiger partial charge in [-0.1, -0.05) is 23.7 Å². The molecule has 1 heterocycles. The second-order valence-electron chi connectivity index (χ2n) is 7.00. The highest BCUT2D eigenvalue weighted by atomic mass is 35.5. The van der Waals surface area contributed by atoms with Gasteiger partial charge in [0, 0.05) is 24.7 Å². The maximum absolute atomic E-state index is 12.9. The fourth-order valence-electron chi connectivity index (χ4n) is 3.36. The first-order valence-corrected chi connectivity index (χ1v) is 11.3. The van der Waals surface area contributed by atoms with Crippen molar-refractivity contribution in [2.75, 3.05) is 25.5 Å². The van der Waals surface area contributed by atoms with E-state index in [1.165, 1.54) is 29.6 Å². The second-order valence-corrected chi connectivity index (χ2v) is 9.34. The Hall–Kier alpha value is -2.60. The Morgan fingerprint density at radius 3 is 2.47 bits per heavy atom. The van der Waals surface area contributed by atoms with Gasteiger partial charge in [-0.2, -0.15) is 9.57 Å². The van der Waals surface area contributed by atoms with Crippen LogP contribution in [0.2, 0.25) is 5.02 Å². The SMILES string of the molecule is COc1ccc(S(=O)(=O)N2CCC(C(=O)Nc3ccc(CC#N)cc3)CC2)cc1Cl. The van der Waals surface area contributed by atoms with E-state index in [1.54, 1.807) is 24.3 Å². The summed E-state index contributed by atoms with van der Waals surface area (Å²) in [5, 5.41) is 11.8. The van der Waals surface area contributed by atoms with E-state index in [1.807, 2.05) is 0 Å². The minimum absolute atomic E-state index is 0.105. The third kappa shape index (κ3) is 4.93. The molecule has 1 N–H and O–H groups in total. The molecule has 0 unspecified atom stereocenters. The maximum atomic E-state index is 12.9. The number of nitrogens with one attached hydrogen (secondary N) is 1. The predicted molar refractivity (Wildman–Crippen MR) is 114 cm³/mol. The Kier molecular flexibility index (Phi) is 6.98. The van der Waals surface area contributed by atoms with Gasteiger partial charge in [-0.3, -0.25) is 4.79 Å². The molecule has 1 saturated heterocycles. The van der Waals surface area contributed by atoms with Gasteiger partial charge in [0.15, 0.2) is 0 Å². The first-order chi connectivity index (χ1) is 14.3. The summed E-state index contributed by atoms with van der Waals surface area (Å²) in [6, 6.07) is 13.6. The van der Waals surface area contributed by atoms with E-state index in [2.05, 4.69) is 11.4 Å². The van der Waals surface area contributed by atoms with Crippen LogP contribution in [0.5, 0.6) is 5.75 Å². The van der Waals surface area contributed by atoms with Crippen LogP contribution in [0.15, 0.2) is 47.4 Å². The van der Waals surface area contributed by atoms with Gasteiger partial charge in [0.25, 0.3) is 0 Å². The van der Waals surface area contributed by atoms with Crippen molar-refractivity contribution in [1.82, 2.24) is 4.31 Å². The number of hydrogen-bond acceptors (Lipinski definition) is 5. The number of methoxy groups -OCH3 is 1. The fourth-order valence-corrected chi connectivity index (χ4v) is 5.18. The van der Waals surface area contributed by atoms with Crippen molar-refractivity contribution in [2.45, 2.75) is 24.2 Å². The van der Waals surface area contributed by atoms with Crippen LogP contribution in [0, 0.1) is 17.2 Å². The van der Waals surface area contributed by atoms with Crippen molar-refractivity contribution >= 4 is 33.2 Å². The number of hydrogen-bond donors (Lipinski definition) is 1. The van der Waals surface area contributed by atoms with Crippen molar-refractivity contribution < 1.29 is 17.9 Å². The molecule has 0 radical (unpaired) electrons. The molecule has 1 amide bonds. The molecule has 9 heteroatoms. The third-order valence-corrected chi connectivity index (χ3v) is 7.28. The van der Waals surface area contributed by atoms with Crippen LogP contribution in [0.3, 0.4) is 0 Å². The zero-order chi connectivity index (χ0) is 21.7. The van der Waals surface area contributed by atoms with Gasteiger partial charge in [-0.15, -0.1) is 0 Å². The Morgan fingerprint density at radius 2 is 1.90 bits per heavy atom. The predicted octanol–water partition coefficient (Wildman–Crippen LogP) is 3.45. The van der Waals surface area contributed by atoms with E-state index < -0.39 is 10.0 Å². The van der Waals surface area contributed by atoms with Gasteiger partial charge >= 0.3 is 0 Å². The van der Waals surface area contributed by atoms with Crippen LogP contribution in [-0.4, -0.2) is 38.8 Å². The fraction of sp³-hybridized carbons (Fsp3) is 0.333. The molecule has 0 aliphatic carbocycles. The molecule has 2 aromatic carbocycles. The lowest BCUT2D eigenvalue weighted by Gasteiger charge is -2.30. The normalized spacial score (nSPS) is 15.4. The van der Waals surface area contributed by atoms with Gasteiger partial charge < -0.3 is 10.1 Å². The lowest BCUT2D eigenvalue weighted by atomic mass is 9.97. The summed E-state index contributed by atoms with van der Waals surface area (Å²) in [5.41, 5.74) is 1.54. The van der Waals surface area contributed by atoms with Crippen molar-refractivity contribution in [3.63, 3.8) is 0 Å². The van der Waals surface area contributed by atoms with Crippen molar-refractivity contribution in [3.05, 3.63) is 53.1 Å². The zero-order valence-corrected chi connectivity index (χ0v) is 18.0. The molecule has 0 saturated carbocycles. The van der Waals surface area contributed by atoms with Crippen molar-refractivity contribution in [1.29, 1.82) is 5.26 Å². The lowest BCUT2D eigenvalue weighted by Crippen LogP contribution is -2.41. The smallest absolute Gasteiger partial charge is 0.243 e. The number of amides is 1. The molecule has 0 spiro atoms. The first-order valence-electron chi connectivity index (χ1n) is 9.45. The number of nitrogens with zero attached hydrogens (tertiary/aromatic N) is 2. The van der Waals surface area contributed by atoms with E-state index in [0.717, 1.165) is 5.56 Å². The molecule has 0 atom stereocenters. The van der Waals surface area contributed by atoms with E-state index in [9.17, 15) is 13.2 Å². The number of benzene rings is 2. The summed E-state index contributed by atoms with van der Waals surface area (Å²) in [7, 11) is -2.23. The monoisotopic (exact) mass is 447 g/mol. The summed E-state index contributed by atoms with van der Waals surface area (Å²) >= 11 is 6.07. The summed E-state index contributed by atoms with van der Waals surface area (Å²) in [6.45, 7) is 0.510. The molecule has 158 valence electrons. The Bertz CT molecular complexity index is 1060. The highest BCUT2D eigenvalue weighted by Gasteiger charge is 2.32. The first kappa shape index (κ1) is 22.1. The molecule has 0 bridgehead atoms. The summed E-state index contributed by atoms with van der Waals surface area (Å²) in [4.78, 5) is 12.7. The highest BCUT2D eigenvalue weighted by molar-refractivity contribution is 7.89. The largest absolute Gasteiger partial charge is 0.495 e. The van der Waals surface area contributed by atoms with Gasteiger partial charge in [-0.25, -0.2) is 8.42 Å². The minimum atomic E-state index is -3.69. The molecule has 1 fully saturated rings. The summed E-state index contributed by atoms with van der Waals surface area (Å²) in [5.74, 6) is 0.00826. The molecular weight excluding hydrogens is 426 g/mol. The van der Waals surface area contributed by atoms with Crippen LogP contribution < -0.4 is 10.1 Å². The molecule has 0 aromatic heterocycles. The van der Waals surface area contributed by atoms with Crippen LogP contribution in [0.4, 0.5) is 5.69 Å². The number of nitriles is 1. The van der Waals surface area contributed by atoms with Crippen LogP contribution in [0.1, 0.15) is 18.4 Å². The average Bonchev–Trinajstić information content (AvgIpc) is 2.75. The van der Waals surface area contributed by atoms with Gasteiger partial charge in [0.1, 0.15) is 5.75 Å². The third-order valence-electron chi connectivity index (χ3n) is 5.09. The number of ether oxygens (including phenoxy) is 1. The standard InChI is InChI=1S/C21H22ClN3O4S/c1-29-20-7-6-18(14-19(20)22)30(27,28)25-12-9-16(10-13-25)21(26)24-17-4-2-15(3-5-17)8-11-23/h2-7,14,16H,8-10,12-13H2,1H3,(H,24,26). The number of anilines is 1. The molecule has 1 aliphatic heterocycles. The number of piperidine rings is 1. The molecule has 3 rings (SSSR count). The van der Waals surface area contributed by atoms with Crippen LogP contribution >= 0.6 is 11.6 Å². The molecular formula is C21H22ClN3O4S. The number of carbonyl (C=O) groups excluding carboxylic acids is 1. The summed E-state index contributed by atoms with van der Waals surface area (Å²) < 4.78 is 32.2. The molecule has 1 aliphatic rings. The number of carbonyl (C=O) groups is 1. The lowest BCUT2D eigenvalue weighted by molar-refractivity contribution is -0.120. The summed E-state index contributed by atoms with van der Waals surface area (Å²) in [6.07, 6.45) is 1.18. The van der Waals surface area contributed by atoms with E-state index >= 15 is 0 Å². The zero-order valence-electron chi connectivity index (χ0n) is 16.5. The van der Waals surface area contributed by atoms with Crippen LogP contribution in [-0.2, 0) is 21.2 Å². The van der Waals surface area contributed by atoms with Crippen molar-refractivity contribution in [3.8, 4) is 11.8 Å². The quantitative estimate of drug-likeness (QED) is 0.731. The van der Waals surface area contributed by atoms with Gasteiger partial charge in [0.05, 0.1) is 29.5 Å². The average molecular weight is 448 g/mol. The van der Waals surface area contributed by atoms with Crippen LogP contribution in [0.25, 0.3) is 0 Å². The minimum Gasteiger partial charge on any atom is -0.495 e. The van der Waals surface area contributed by atoms with E-state index in [0.29, 0.717) is 30.7 Å². The van der Waals surface area contributed by atoms with Crippen molar-refractivity contribution in [2.24, 2.45) is 5.92 Å². The van der Waals surface area contributed by atoms with E-state index in [-0.39, 0.29) is 34.8 Å². The Balaban J connectivity index is 1.60. The number of halogens is 1. The molecule has 30 heavy (non-hydrogen) atoms. The topological polar surface area (TPSA) is 99.5 Å². The second kappa shape index (κ2) is 9.47. The Labute approximate surface area is 181 Å². The molecule has 2 aromatic rings. The molecule has 7 nitrogen and oxygen atoms in total. The van der Waals surface area contributed by atoms with E-state index in [4.69, 9.17) is 21.6 Å². The maximum Gasteiger partial charge on any atom is 0.243 e. The van der Waals surface area contributed by atoms with Gasteiger partial charge in [0.2, 0.25) is 15.9 Å².